The zero-order chi connectivity index (χ0) is 20.8. The highest BCUT2D eigenvalue weighted by Gasteiger charge is 2.13. The smallest absolute Gasteiger partial charge is 0.296 e. The van der Waals surface area contributed by atoms with E-state index in [1.165, 1.54) is 0 Å². The molecular formula is C21H26N6O2. The van der Waals surface area contributed by atoms with E-state index < -0.39 is 5.91 Å². The van der Waals surface area contributed by atoms with Crippen molar-refractivity contribution in [1.29, 1.82) is 0 Å². The Hall–Kier alpha value is -3.39. The van der Waals surface area contributed by atoms with Gasteiger partial charge in [0.2, 0.25) is 0 Å². The highest BCUT2D eigenvalue weighted by atomic mass is 16.5. The third kappa shape index (κ3) is 4.91. The topological polar surface area (TPSA) is 109 Å². The molecule has 0 spiro atoms. The van der Waals surface area contributed by atoms with Gasteiger partial charge in [-0.15, -0.1) is 0 Å². The van der Waals surface area contributed by atoms with Crippen LogP contribution in [-0.4, -0.2) is 46.9 Å². The fourth-order valence-electron chi connectivity index (χ4n) is 2.99. The molecule has 2 heterocycles. The molecular weight excluding hydrogens is 368 g/mol. The van der Waals surface area contributed by atoms with Gasteiger partial charge in [-0.2, -0.15) is 4.99 Å². The number of aliphatic imine (C=N–C) groups is 1. The molecule has 0 saturated carbocycles. The van der Waals surface area contributed by atoms with Crippen LogP contribution in [0.1, 0.15) is 29.9 Å². The minimum Gasteiger partial charge on any atom is -0.454 e. The van der Waals surface area contributed by atoms with E-state index >= 15 is 0 Å². The summed E-state index contributed by atoms with van der Waals surface area (Å²) in [5, 5.41) is 3.47. The number of ether oxygens (including phenoxy) is 1. The van der Waals surface area contributed by atoms with Crippen LogP contribution in [0.3, 0.4) is 0 Å². The predicted molar refractivity (Wildman–Crippen MR) is 114 cm³/mol. The molecule has 3 rings (SSSR count). The quantitative estimate of drug-likeness (QED) is 0.420. The number of nitrogens with zero attached hydrogens (tertiary/aromatic N) is 3. The largest absolute Gasteiger partial charge is 0.454 e. The van der Waals surface area contributed by atoms with Crippen molar-refractivity contribution in [1.82, 2.24) is 20.2 Å². The van der Waals surface area contributed by atoms with Gasteiger partial charge >= 0.3 is 0 Å². The summed E-state index contributed by atoms with van der Waals surface area (Å²) in [6.45, 7) is 7.03. The number of nitrogens with two attached hydrogens (primary N) is 1. The van der Waals surface area contributed by atoms with Crippen molar-refractivity contribution >= 4 is 22.8 Å². The second kappa shape index (κ2) is 9.20. The molecule has 29 heavy (non-hydrogen) atoms. The Kier molecular flexibility index (Phi) is 6.46. The Balaban J connectivity index is 1.86. The van der Waals surface area contributed by atoms with Crippen LogP contribution < -0.4 is 15.8 Å². The average Bonchev–Trinajstić information content (AvgIpc) is 3.18. The molecule has 3 aromatic rings. The van der Waals surface area contributed by atoms with Crippen LogP contribution in [0.2, 0.25) is 0 Å². The van der Waals surface area contributed by atoms with E-state index in [4.69, 9.17) is 10.5 Å². The molecule has 0 fully saturated rings. The zero-order valence-corrected chi connectivity index (χ0v) is 16.9. The summed E-state index contributed by atoms with van der Waals surface area (Å²) in [6, 6.07) is 9.33. The van der Waals surface area contributed by atoms with Gasteiger partial charge in [-0.1, -0.05) is 26.0 Å². The van der Waals surface area contributed by atoms with Gasteiger partial charge in [0.1, 0.15) is 11.4 Å². The highest BCUT2D eigenvalue weighted by molar-refractivity contribution is 6.04. The van der Waals surface area contributed by atoms with E-state index in [0.717, 1.165) is 30.6 Å². The molecule has 8 nitrogen and oxygen atoms in total. The Morgan fingerprint density at radius 1 is 1.28 bits per heavy atom. The number of H-pyrrole nitrogens is 1. The van der Waals surface area contributed by atoms with Crippen molar-refractivity contribution in [3.05, 3.63) is 54.0 Å². The van der Waals surface area contributed by atoms with E-state index in [1.54, 1.807) is 19.3 Å². The summed E-state index contributed by atoms with van der Waals surface area (Å²) in [6.07, 6.45) is 3.53. The van der Waals surface area contributed by atoms with Gasteiger partial charge in [-0.25, -0.2) is 0 Å². The minimum absolute atomic E-state index is 0.0567. The maximum absolute atomic E-state index is 12.3. The van der Waals surface area contributed by atoms with Gasteiger partial charge < -0.3 is 20.8 Å². The monoisotopic (exact) mass is 394 g/mol. The molecule has 1 aromatic carbocycles. The molecule has 152 valence electrons. The highest BCUT2D eigenvalue weighted by Crippen LogP contribution is 2.30. The van der Waals surface area contributed by atoms with Crippen LogP contribution in [0.25, 0.3) is 10.9 Å². The van der Waals surface area contributed by atoms with Crippen LogP contribution >= 0.6 is 0 Å². The third-order valence-electron chi connectivity index (χ3n) is 4.62. The van der Waals surface area contributed by atoms with Gasteiger partial charge in [-0.3, -0.25) is 14.7 Å². The number of rotatable bonds is 7. The third-order valence-corrected chi connectivity index (χ3v) is 4.62. The van der Waals surface area contributed by atoms with Gasteiger partial charge in [0.15, 0.2) is 11.7 Å². The van der Waals surface area contributed by atoms with Crippen molar-refractivity contribution in [3.8, 4) is 11.5 Å². The van der Waals surface area contributed by atoms with Crippen molar-refractivity contribution in [2.24, 2.45) is 10.7 Å². The Morgan fingerprint density at radius 3 is 2.79 bits per heavy atom. The Morgan fingerprint density at radius 2 is 2.07 bits per heavy atom. The Labute approximate surface area is 169 Å². The maximum Gasteiger partial charge on any atom is 0.296 e. The van der Waals surface area contributed by atoms with Gasteiger partial charge in [0, 0.05) is 25.2 Å². The lowest BCUT2D eigenvalue weighted by Crippen LogP contribution is -2.28. The molecule has 0 radical (unpaired) electrons. The number of para-hydroxylation sites is 1. The fraction of sp³-hybridized carbons (Fsp3) is 0.286. The first-order valence-electron chi connectivity index (χ1n) is 9.56. The number of carbonyl (C=O) groups is 1. The summed E-state index contributed by atoms with van der Waals surface area (Å²) < 4.78 is 6.08. The Bertz CT molecular complexity index is 1020. The lowest BCUT2D eigenvalue weighted by atomic mass is 10.2. The number of pyridine rings is 1. The van der Waals surface area contributed by atoms with E-state index in [2.05, 4.69) is 39.0 Å². The van der Waals surface area contributed by atoms with E-state index in [0.29, 0.717) is 22.7 Å². The molecule has 8 heteroatoms. The normalized spacial score (nSPS) is 11.8. The van der Waals surface area contributed by atoms with Gasteiger partial charge in [-0.05, 0) is 36.9 Å². The van der Waals surface area contributed by atoms with Crippen LogP contribution in [0.15, 0.2) is 47.7 Å². The molecule has 0 atom stereocenters. The first-order valence-corrected chi connectivity index (χ1v) is 9.56. The lowest BCUT2D eigenvalue weighted by Gasteiger charge is -2.18. The van der Waals surface area contributed by atoms with E-state index in [-0.39, 0.29) is 5.96 Å². The van der Waals surface area contributed by atoms with Crippen LogP contribution in [-0.2, 0) is 6.54 Å². The molecule has 2 aromatic heterocycles. The fourth-order valence-corrected chi connectivity index (χ4v) is 2.99. The molecule has 1 amide bonds. The van der Waals surface area contributed by atoms with Crippen molar-refractivity contribution in [3.63, 3.8) is 0 Å². The molecule has 4 N–H and O–H groups in total. The van der Waals surface area contributed by atoms with E-state index in [9.17, 15) is 4.79 Å². The standard InChI is InChI=1S/C21H26N6O2/c1-4-27(5-2)13-14-9-16(12-24-11-14)29-18-8-6-7-15-10-17(25-19(15)18)20(28)26-21(22)23-3/h6-12,25H,4-5,13H2,1-3H3,(H3,22,23,26,28). The second-order valence-corrected chi connectivity index (χ2v) is 6.55. The van der Waals surface area contributed by atoms with Crippen LogP contribution in [0.5, 0.6) is 11.5 Å². The van der Waals surface area contributed by atoms with Gasteiger partial charge in [0.05, 0.1) is 11.7 Å². The first kappa shape index (κ1) is 20.3. The predicted octanol–water partition coefficient (Wildman–Crippen LogP) is 2.87. The molecule has 0 aliphatic carbocycles. The maximum atomic E-state index is 12.3. The number of guanidine groups is 1. The molecule has 0 aliphatic rings. The number of nitrogens with one attached hydrogen (secondary N) is 2. The SMILES string of the molecule is CCN(CC)Cc1cncc(Oc2cccc3cc(C(=O)N=C(N)NC)[nH]c23)c1. The number of benzene rings is 1. The summed E-state index contributed by atoms with van der Waals surface area (Å²) in [5.74, 6) is 0.846. The van der Waals surface area contributed by atoms with Crippen molar-refractivity contribution in [2.75, 3.05) is 20.1 Å². The number of hydrogen-bond acceptors (Lipinski definition) is 4. The first-order chi connectivity index (χ1) is 14.0. The number of carbonyl (C=O) groups excluding carboxylic acids is 1. The number of hydrogen-bond donors (Lipinski definition) is 3. The average molecular weight is 394 g/mol. The lowest BCUT2D eigenvalue weighted by molar-refractivity contribution is 0.0998. The molecule has 0 bridgehead atoms. The minimum atomic E-state index is -0.457. The van der Waals surface area contributed by atoms with E-state index in [1.807, 2.05) is 30.5 Å². The molecule has 0 unspecified atom stereocenters. The second-order valence-electron chi connectivity index (χ2n) is 6.55. The summed E-state index contributed by atoms with van der Waals surface area (Å²) in [7, 11) is 1.60. The summed E-state index contributed by atoms with van der Waals surface area (Å²) >= 11 is 0. The number of fused-ring (bicyclic) bond motifs is 1. The zero-order valence-electron chi connectivity index (χ0n) is 16.9. The van der Waals surface area contributed by atoms with Gasteiger partial charge in [0.25, 0.3) is 5.91 Å². The summed E-state index contributed by atoms with van der Waals surface area (Å²) in [5.41, 5.74) is 7.70. The van der Waals surface area contributed by atoms with Crippen LogP contribution in [0.4, 0.5) is 0 Å². The number of aromatic amines is 1. The molecule has 0 saturated heterocycles. The number of amides is 1. The van der Waals surface area contributed by atoms with Crippen LogP contribution in [0, 0.1) is 0 Å². The molecule has 0 aliphatic heterocycles. The summed E-state index contributed by atoms with van der Waals surface area (Å²) in [4.78, 5) is 25.7. The van der Waals surface area contributed by atoms with Crippen molar-refractivity contribution < 1.29 is 9.53 Å². The number of aromatic nitrogens is 2. The van der Waals surface area contributed by atoms with Crippen molar-refractivity contribution in [2.45, 2.75) is 20.4 Å².